The zero-order valence-electron chi connectivity index (χ0n) is 15.4. The first-order chi connectivity index (χ1) is 12.4. The summed E-state index contributed by atoms with van der Waals surface area (Å²) in [5.41, 5.74) is 0.936. The fraction of sp³-hybridized carbons (Fsp3) is 0.333. The third-order valence-electron chi connectivity index (χ3n) is 4.18. The van der Waals surface area contributed by atoms with E-state index in [2.05, 4.69) is 37.1 Å². The highest BCUT2D eigenvalue weighted by molar-refractivity contribution is 7.10. The van der Waals surface area contributed by atoms with Crippen LogP contribution in [0.25, 0.3) is 11.3 Å². The normalized spacial score (nSPS) is 12.7. The molecule has 0 spiro atoms. The van der Waals surface area contributed by atoms with Crippen LogP contribution in [0.3, 0.4) is 0 Å². The number of oxazole rings is 1. The number of nitrogens with zero attached hydrogens (tertiary/aromatic N) is 1. The first-order valence-corrected chi connectivity index (χ1v) is 9.64. The van der Waals surface area contributed by atoms with E-state index >= 15 is 0 Å². The van der Waals surface area contributed by atoms with Crippen LogP contribution in [-0.4, -0.2) is 10.9 Å². The lowest BCUT2D eigenvalue weighted by Gasteiger charge is -2.30. The van der Waals surface area contributed by atoms with E-state index in [0.29, 0.717) is 18.7 Å². The Morgan fingerprint density at radius 2 is 1.96 bits per heavy atom. The van der Waals surface area contributed by atoms with Crippen molar-refractivity contribution in [2.75, 3.05) is 0 Å². The van der Waals surface area contributed by atoms with Gasteiger partial charge in [-0.2, -0.15) is 0 Å². The van der Waals surface area contributed by atoms with Crippen LogP contribution in [0.2, 0.25) is 0 Å². The number of hydrogen-bond acceptors (Lipinski definition) is 4. The van der Waals surface area contributed by atoms with Gasteiger partial charge in [-0.25, -0.2) is 4.98 Å². The Bertz CT molecular complexity index is 833. The lowest BCUT2D eigenvalue weighted by molar-refractivity contribution is -0.122. The maximum absolute atomic E-state index is 12.5. The summed E-state index contributed by atoms with van der Waals surface area (Å²) in [7, 11) is 0. The number of nitrogens with one attached hydrogen (secondary N) is 1. The topological polar surface area (TPSA) is 55.1 Å². The smallest absolute Gasteiger partial charge is 0.221 e. The van der Waals surface area contributed by atoms with E-state index in [9.17, 15) is 4.79 Å². The molecule has 0 aliphatic rings. The molecule has 1 amide bonds. The van der Waals surface area contributed by atoms with Gasteiger partial charge in [0.15, 0.2) is 11.7 Å². The second-order valence-corrected chi connectivity index (χ2v) is 8.35. The van der Waals surface area contributed by atoms with Crippen LogP contribution in [0.1, 0.15) is 44.0 Å². The number of benzene rings is 1. The molecular weight excluding hydrogens is 344 g/mol. The summed E-state index contributed by atoms with van der Waals surface area (Å²) < 4.78 is 5.78. The second kappa shape index (κ2) is 7.87. The van der Waals surface area contributed by atoms with Gasteiger partial charge in [-0.05, 0) is 16.9 Å². The molecule has 0 radical (unpaired) electrons. The van der Waals surface area contributed by atoms with E-state index in [0.717, 1.165) is 11.3 Å². The average molecular weight is 369 g/mol. The van der Waals surface area contributed by atoms with Crippen LogP contribution < -0.4 is 5.32 Å². The molecule has 2 aromatic heterocycles. The third kappa shape index (κ3) is 4.61. The number of carbonyl (C=O) groups is 1. The Kier molecular flexibility index (Phi) is 5.57. The van der Waals surface area contributed by atoms with E-state index in [4.69, 9.17) is 4.42 Å². The summed E-state index contributed by atoms with van der Waals surface area (Å²) in [5, 5.41) is 5.21. The SMILES string of the molecule is CC(C)(C)C(NC(=O)CCc1ncc(-c2ccccc2)o1)c1cccs1. The number of amides is 1. The van der Waals surface area contributed by atoms with Gasteiger partial charge in [0.2, 0.25) is 5.91 Å². The highest BCUT2D eigenvalue weighted by Crippen LogP contribution is 2.35. The van der Waals surface area contributed by atoms with Crippen molar-refractivity contribution in [3.05, 3.63) is 64.8 Å². The molecule has 1 unspecified atom stereocenters. The molecule has 3 rings (SSSR count). The number of rotatable bonds is 6. The van der Waals surface area contributed by atoms with Gasteiger partial charge in [0.05, 0.1) is 12.2 Å². The van der Waals surface area contributed by atoms with Crippen LogP contribution in [0.4, 0.5) is 0 Å². The molecular formula is C21H24N2O2S. The lowest BCUT2D eigenvalue weighted by Crippen LogP contribution is -2.36. The number of carbonyl (C=O) groups excluding carboxylic acids is 1. The number of thiophene rings is 1. The van der Waals surface area contributed by atoms with Gasteiger partial charge in [0.1, 0.15) is 0 Å². The van der Waals surface area contributed by atoms with Crippen LogP contribution >= 0.6 is 11.3 Å². The third-order valence-corrected chi connectivity index (χ3v) is 5.11. The summed E-state index contributed by atoms with van der Waals surface area (Å²) in [6.45, 7) is 6.41. The summed E-state index contributed by atoms with van der Waals surface area (Å²) >= 11 is 1.67. The molecule has 3 aromatic rings. The van der Waals surface area contributed by atoms with Gasteiger partial charge in [-0.15, -0.1) is 11.3 Å². The Labute approximate surface area is 158 Å². The summed E-state index contributed by atoms with van der Waals surface area (Å²) in [5.74, 6) is 1.33. The van der Waals surface area contributed by atoms with E-state index in [1.807, 2.05) is 41.8 Å². The predicted molar refractivity (Wildman–Crippen MR) is 105 cm³/mol. The van der Waals surface area contributed by atoms with Gasteiger partial charge < -0.3 is 9.73 Å². The minimum absolute atomic E-state index is 0.000519. The van der Waals surface area contributed by atoms with Gasteiger partial charge >= 0.3 is 0 Å². The maximum atomic E-state index is 12.5. The van der Waals surface area contributed by atoms with Crippen molar-refractivity contribution in [2.45, 2.75) is 39.7 Å². The summed E-state index contributed by atoms with van der Waals surface area (Å²) in [6, 6.07) is 13.9. The van der Waals surface area contributed by atoms with E-state index in [1.165, 1.54) is 4.88 Å². The van der Waals surface area contributed by atoms with Crippen molar-refractivity contribution in [2.24, 2.45) is 5.41 Å². The second-order valence-electron chi connectivity index (χ2n) is 7.37. The van der Waals surface area contributed by atoms with Crippen molar-refractivity contribution >= 4 is 17.2 Å². The largest absolute Gasteiger partial charge is 0.441 e. The van der Waals surface area contributed by atoms with Crippen LogP contribution in [0.15, 0.2) is 58.5 Å². The fourth-order valence-corrected chi connectivity index (χ4v) is 3.81. The number of aryl methyl sites for hydroxylation is 1. The monoisotopic (exact) mass is 368 g/mol. The molecule has 26 heavy (non-hydrogen) atoms. The zero-order valence-corrected chi connectivity index (χ0v) is 16.2. The minimum Gasteiger partial charge on any atom is -0.441 e. The summed E-state index contributed by atoms with van der Waals surface area (Å²) in [6.07, 6.45) is 2.55. The molecule has 4 nitrogen and oxygen atoms in total. The van der Waals surface area contributed by atoms with E-state index < -0.39 is 0 Å². The number of aromatic nitrogens is 1. The molecule has 1 atom stereocenters. The minimum atomic E-state index is -0.0517. The van der Waals surface area contributed by atoms with Crippen molar-refractivity contribution in [3.8, 4) is 11.3 Å². The molecule has 0 saturated heterocycles. The highest BCUT2D eigenvalue weighted by atomic mass is 32.1. The molecule has 1 aromatic carbocycles. The molecule has 136 valence electrons. The quantitative estimate of drug-likeness (QED) is 0.647. The van der Waals surface area contributed by atoms with Crippen LogP contribution in [-0.2, 0) is 11.2 Å². The van der Waals surface area contributed by atoms with Gasteiger partial charge in [0.25, 0.3) is 0 Å². The van der Waals surface area contributed by atoms with Crippen molar-refractivity contribution in [3.63, 3.8) is 0 Å². The lowest BCUT2D eigenvalue weighted by atomic mass is 9.85. The van der Waals surface area contributed by atoms with Gasteiger partial charge in [0, 0.05) is 23.3 Å². The van der Waals surface area contributed by atoms with Crippen molar-refractivity contribution < 1.29 is 9.21 Å². The first kappa shape index (κ1) is 18.4. The van der Waals surface area contributed by atoms with Gasteiger partial charge in [-0.1, -0.05) is 57.2 Å². The Hall–Kier alpha value is -2.40. The average Bonchev–Trinajstić information content (AvgIpc) is 3.29. The molecule has 5 heteroatoms. The van der Waals surface area contributed by atoms with Gasteiger partial charge in [-0.3, -0.25) is 4.79 Å². The highest BCUT2D eigenvalue weighted by Gasteiger charge is 2.28. The Balaban J connectivity index is 1.59. The zero-order chi connectivity index (χ0) is 18.6. The maximum Gasteiger partial charge on any atom is 0.221 e. The van der Waals surface area contributed by atoms with Crippen molar-refractivity contribution in [1.29, 1.82) is 0 Å². The predicted octanol–water partition coefficient (Wildman–Crippen LogP) is 5.24. The molecule has 0 saturated carbocycles. The number of hydrogen-bond donors (Lipinski definition) is 1. The standard InChI is InChI=1S/C21H24N2O2S/c1-21(2,3)20(17-10-7-13-26-17)23-18(24)11-12-19-22-14-16(25-19)15-8-5-4-6-9-15/h4-10,13-14,20H,11-12H2,1-3H3,(H,23,24). The molecule has 0 aliphatic heterocycles. The van der Waals surface area contributed by atoms with Crippen molar-refractivity contribution in [1.82, 2.24) is 10.3 Å². The summed E-state index contributed by atoms with van der Waals surface area (Å²) in [4.78, 5) is 17.9. The van der Waals surface area contributed by atoms with Crippen LogP contribution in [0, 0.1) is 5.41 Å². The van der Waals surface area contributed by atoms with E-state index in [1.54, 1.807) is 17.5 Å². The molecule has 2 heterocycles. The first-order valence-electron chi connectivity index (χ1n) is 8.76. The molecule has 0 bridgehead atoms. The molecule has 0 aliphatic carbocycles. The molecule has 1 N–H and O–H groups in total. The fourth-order valence-electron chi connectivity index (χ4n) is 2.79. The Morgan fingerprint density at radius 1 is 1.19 bits per heavy atom. The Morgan fingerprint density at radius 3 is 2.62 bits per heavy atom. The molecule has 0 fully saturated rings. The van der Waals surface area contributed by atoms with Crippen LogP contribution in [0.5, 0.6) is 0 Å². The van der Waals surface area contributed by atoms with E-state index in [-0.39, 0.29) is 17.4 Å².